The average Bonchev–Trinajstić information content (AvgIpc) is 2.38. The van der Waals surface area contributed by atoms with Crippen LogP contribution in [-0.2, 0) is 0 Å². The minimum Gasteiger partial charge on any atom is -0.496 e. The van der Waals surface area contributed by atoms with Crippen molar-refractivity contribution in [3.05, 3.63) is 28.8 Å². The number of aryl methyl sites for hydroxylation is 2. The molecule has 0 aromatic heterocycles. The number of nitrogens with zero attached hydrogens (tertiary/aromatic N) is 1. The van der Waals surface area contributed by atoms with Crippen molar-refractivity contribution in [2.75, 3.05) is 26.7 Å². The Kier molecular flexibility index (Phi) is 6.32. The van der Waals surface area contributed by atoms with E-state index in [1.54, 1.807) is 7.11 Å². The number of hydrogen-bond donors (Lipinski definition) is 1. The van der Waals surface area contributed by atoms with Crippen molar-refractivity contribution in [1.82, 2.24) is 4.90 Å². The van der Waals surface area contributed by atoms with Crippen LogP contribution in [0.1, 0.15) is 43.1 Å². The molecule has 19 heavy (non-hydrogen) atoms. The highest BCUT2D eigenvalue weighted by Gasteiger charge is 2.17. The Morgan fingerprint density at radius 3 is 2.37 bits per heavy atom. The van der Waals surface area contributed by atoms with Crippen LogP contribution in [0.2, 0.25) is 0 Å². The van der Waals surface area contributed by atoms with Gasteiger partial charge in [-0.25, -0.2) is 0 Å². The van der Waals surface area contributed by atoms with E-state index >= 15 is 0 Å². The van der Waals surface area contributed by atoms with E-state index in [0.29, 0.717) is 0 Å². The molecule has 1 unspecified atom stereocenters. The number of benzene rings is 1. The summed E-state index contributed by atoms with van der Waals surface area (Å²) < 4.78 is 5.41. The number of methoxy groups -OCH3 is 1. The first-order valence-corrected chi connectivity index (χ1v) is 7.09. The van der Waals surface area contributed by atoms with E-state index in [-0.39, 0.29) is 0 Å². The third kappa shape index (κ3) is 4.22. The van der Waals surface area contributed by atoms with Gasteiger partial charge in [0.25, 0.3) is 0 Å². The normalized spacial score (nSPS) is 12.8. The maximum Gasteiger partial charge on any atom is 0.125 e. The summed E-state index contributed by atoms with van der Waals surface area (Å²) in [5.74, 6) is 0.796. The van der Waals surface area contributed by atoms with E-state index in [4.69, 9.17) is 4.74 Å². The molecule has 0 aliphatic carbocycles. The van der Waals surface area contributed by atoms with Crippen LogP contribution in [0.5, 0.6) is 5.75 Å². The maximum absolute atomic E-state index is 10.4. The molecule has 3 nitrogen and oxygen atoms in total. The fourth-order valence-corrected chi connectivity index (χ4v) is 2.52. The van der Waals surface area contributed by atoms with Gasteiger partial charge in [0.1, 0.15) is 5.75 Å². The van der Waals surface area contributed by atoms with Gasteiger partial charge in [0.15, 0.2) is 0 Å². The summed E-state index contributed by atoms with van der Waals surface area (Å²) >= 11 is 0. The molecule has 0 bridgehead atoms. The molecule has 0 amide bonds. The van der Waals surface area contributed by atoms with Gasteiger partial charge in [-0.3, -0.25) is 0 Å². The summed E-state index contributed by atoms with van der Waals surface area (Å²) in [6, 6.07) is 4.08. The molecule has 0 heterocycles. The molecule has 0 radical (unpaired) electrons. The summed E-state index contributed by atoms with van der Waals surface area (Å²) in [7, 11) is 1.66. The van der Waals surface area contributed by atoms with Crippen LogP contribution in [-0.4, -0.2) is 36.8 Å². The van der Waals surface area contributed by atoms with Crippen LogP contribution in [0.4, 0.5) is 0 Å². The van der Waals surface area contributed by atoms with E-state index < -0.39 is 6.10 Å². The highest BCUT2D eigenvalue weighted by molar-refractivity contribution is 5.44. The topological polar surface area (TPSA) is 32.7 Å². The second-order valence-electron chi connectivity index (χ2n) is 5.03. The molecular formula is C16H27NO2. The van der Waals surface area contributed by atoms with Gasteiger partial charge in [-0.05, 0) is 50.6 Å². The zero-order valence-electron chi connectivity index (χ0n) is 12.9. The summed E-state index contributed by atoms with van der Waals surface area (Å²) in [5, 5.41) is 10.4. The molecule has 1 aromatic carbocycles. The van der Waals surface area contributed by atoms with Gasteiger partial charge in [-0.1, -0.05) is 19.9 Å². The first-order chi connectivity index (χ1) is 9.03. The van der Waals surface area contributed by atoms with Crippen molar-refractivity contribution in [2.45, 2.75) is 40.2 Å². The minimum atomic E-state index is -0.462. The van der Waals surface area contributed by atoms with Gasteiger partial charge in [0, 0.05) is 12.1 Å². The van der Waals surface area contributed by atoms with Gasteiger partial charge < -0.3 is 14.7 Å². The number of aliphatic hydroxyl groups excluding tert-OH is 1. The predicted octanol–water partition coefficient (Wildman–Crippen LogP) is 3.08. The molecule has 0 aliphatic heterocycles. The first-order valence-electron chi connectivity index (χ1n) is 7.09. The van der Waals surface area contributed by atoms with Crippen molar-refractivity contribution < 1.29 is 9.84 Å². The second kappa shape index (κ2) is 7.51. The van der Waals surface area contributed by atoms with Crippen LogP contribution in [0.25, 0.3) is 0 Å². The lowest BCUT2D eigenvalue weighted by Gasteiger charge is -2.22. The van der Waals surface area contributed by atoms with E-state index in [0.717, 1.165) is 48.5 Å². The lowest BCUT2D eigenvalue weighted by atomic mass is 9.97. The van der Waals surface area contributed by atoms with E-state index in [9.17, 15) is 5.11 Å². The fraction of sp³-hybridized carbons (Fsp3) is 0.625. The van der Waals surface area contributed by atoms with Crippen molar-refractivity contribution in [2.24, 2.45) is 0 Å². The smallest absolute Gasteiger partial charge is 0.125 e. The van der Waals surface area contributed by atoms with Crippen molar-refractivity contribution >= 4 is 0 Å². The van der Waals surface area contributed by atoms with E-state index in [1.165, 1.54) is 0 Å². The van der Waals surface area contributed by atoms with Crippen LogP contribution < -0.4 is 4.74 Å². The number of rotatable bonds is 7. The Balaban J connectivity index is 2.84. The largest absolute Gasteiger partial charge is 0.496 e. The molecule has 0 fully saturated rings. The zero-order chi connectivity index (χ0) is 14.4. The molecule has 3 heteroatoms. The van der Waals surface area contributed by atoms with Crippen LogP contribution in [0.15, 0.2) is 12.1 Å². The second-order valence-corrected chi connectivity index (χ2v) is 5.03. The quantitative estimate of drug-likeness (QED) is 0.822. The Labute approximate surface area is 117 Å². The molecular weight excluding hydrogens is 238 g/mol. The van der Waals surface area contributed by atoms with Crippen molar-refractivity contribution in [3.8, 4) is 5.75 Å². The fourth-order valence-electron chi connectivity index (χ4n) is 2.52. The Morgan fingerprint density at radius 1 is 1.21 bits per heavy atom. The average molecular weight is 265 g/mol. The molecule has 0 saturated carbocycles. The molecule has 1 aromatic rings. The summed E-state index contributed by atoms with van der Waals surface area (Å²) in [5.41, 5.74) is 3.19. The van der Waals surface area contributed by atoms with Crippen LogP contribution in [0, 0.1) is 13.8 Å². The maximum atomic E-state index is 10.4. The van der Waals surface area contributed by atoms with Crippen LogP contribution >= 0.6 is 0 Å². The Bertz CT molecular complexity index is 400. The predicted molar refractivity (Wildman–Crippen MR) is 79.8 cm³/mol. The summed E-state index contributed by atoms with van der Waals surface area (Å²) in [6.07, 6.45) is 0.276. The molecule has 0 aliphatic rings. The monoisotopic (exact) mass is 265 g/mol. The molecule has 1 rings (SSSR count). The highest BCUT2D eigenvalue weighted by atomic mass is 16.5. The molecule has 1 atom stereocenters. The van der Waals surface area contributed by atoms with Crippen LogP contribution in [0.3, 0.4) is 0 Å². The van der Waals surface area contributed by atoms with E-state index in [2.05, 4.69) is 24.8 Å². The Morgan fingerprint density at radius 2 is 1.84 bits per heavy atom. The van der Waals surface area contributed by atoms with Gasteiger partial charge in [-0.2, -0.15) is 0 Å². The van der Waals surface area contributed by atoms with Gasteiger partial charge in [-0.15, -0.1) is 0 Å². The summed E-state index contributed by atoms with van der Waals surface area (Å²) in [4.78, 5) is 2.32. The number of ether oxygens (including phenoxy) is 1. The molecule has 108 valence electrons. The van der Waals surface area contributed by atoms with Crippen molar-refractivity contribution in [3.63, 3.8) is 0 Å². The standard InChI is InChI=1S/C16H27NO2/c1-6-17(7-2)9-8-14(18)16-13(4)10-12(3)11-15(16)19-5/h10-11,14,18H,6-9H2,1-5H3. The SMILES string of the molecule is CCN(CC)CCC(O)c1c(C)cc(C)cc1OC. The Hall–Kier alpha value is -1.06. The third-order valence-electron chi connectivity index (χ3n) is 3.66. The first kappa shape index (κ1) is 16.0. The lowest BCUT2D eigenvalue weighted by molar-refractivity contribution is 0.141. The van der Waals surface area contributed by atoms with Crippen molar-refractivity contribution in [1.29, 1.82) is 0 Å². The molecule has 0 spiro atoms. The lowest BCUT2D eigenvalue weighted by Crippen LogP contribution is -2.25. The van der Waals surface area contributed by atoms with Gasteiger partial charge in [0.05, 0.1) is 13.2 Å². The molecule has 0 saturated heterocycles. The highest BCUT2D eigenvalue weighted by Crippen LogP contribution is 2.31. The third-order valence-corrected chi connectivity index (χ3v) is 3.66. The van der Waals surface area contributed by atoms with E-state index in [1.807, 2.05) is 19.9 Å². The molecule has 1 N–H and O–H groups in total. The zero-order valence-corrected chi connectivity index (χ0v) is 12.9. The summed E-state index contributed by atoms with van der Waals surface area (Å²) in [6.45, 7) is 11.3. The van der Waals surface area contributed by atoms with Gasteiger partial charge >= 0.3 is 0 Å². The number of hydrogen-bond acceptors (Lipinski definition) is 3. The minimum absolute atomic E-state index is 0.462. The van der Waals surface area contributed by atoms with Gasteiger partial charge in [0.2, 0.25) is 0 Å². The number of aliphatic hydroxyl groups is 1.